The summed E-state index contributed by atoms with van der Waals surface area (Å²) >= 11 is 0. The third-order valence-corrected chi connectivity index (χ3v) is 2.18. The summed E-state index contributed by atoms with van der Waals surface area (Å²) in [6, 6.07) is 0. The van der Waals surface area contributed by atoms with Gasteiger partial charge in [-0.05, 0) is 18.8 Å². The summed E-state index contributed by atoms with van der Waals surface area (Å²) in [4.78, 5) is 0. The van der Waals surface area contributed by atoms with Crippen molar-refractivity contribution in [3.8, 4) is 0 Å². The predicted octanol–water partition coefficient (Wildman–Crippen LogP) is 2.92. The minimum absolute atomic E-state index is 0.411. The van der Waals surface area contributed by atoms with Gasteiger partial charge in [-0.2, -0.15) is 0 Å². The van der Waals surface area contributed by atoms with Crippen molar-refractivity contribution < 1.29 is 0 Å². The summed E-state index contributed by atoms with van der Waals surface area (Å²) in [5.74, 6) is 0. The maximum absolute atomic E-state index is 2.28. The summed E-state index contributed by atoms with van der Waals surface area (Å²) in [5, 5.41) is 0. The first-order chi connectivity index (χ1) is 4.13. The van der Waals surface area contributed by atoms with E-state index in [2.05, 4.69) is 39.0 Å². The van der Waals surface area contributed by atoms with Gasteiger partial charge in [-0.15, -0.1) is 0 Å². The van der Waals surface area contributed by atoms with Crippen LogP contribution in [-0.4, -0.2) is 0 Å². The van der Waals surface area contributed by atoms with Gasteiger partial charge in [-0.3, -0.25) is 0 Å². The van der Waals surface area contributed by atoms with Crippen LogP contribution in [0.3, 0.4) is 0 Å². The first-order valence-corrected chi connectivity index (χ1v) is 3.47. The molecule has 0 aliphatic heterocycles. The van der Waals surface area contributed by atoms with Crippen molar-refractivity contribution in [3.63, 3.8) is 0 Å². The maximum atomic E-state index is 2.28. The Hall–Kier alpha value is -0.520. The lowest BCUT2D eigenvalue weighted by molar-refractivity contribution is 0.449. The molecule has 0 atom stereocenters. The van der Waals surface area contributed by atoms with Crippen molar-refractivity contribution in [3.05, 3.63) is 23.8 Å². The lowest BCUT2D eigenvalue weighted by atomic mass is 9.79. The fourth-order valence-electron chi connectivity index (χ4n) is 0.962. The molecule has 0 unspecified atom stereocenters. The molecule has 0 heterocycles. The summed E-state index contributed by atoms with van der Waals surface area (Å²) in [6.45, 7) is 6.76. The average molecular weight is 122 g/mol. The van der Waals surface area contributed by atoms with Crippen molar-refractivity contribution >= 4 is 0 Å². The monoisotopic (exact) mass is 122 g/mol. The molecule has 0 nitrogen and oxygen atoms in total. The van der Waals surface area contributed by atoms with Crippen LogP contribution in [0.5, 0.6) is 0 Å². The van der Waals surface area contributed by atoms with E-state index in [1.807, 2.05) is 0 Å². The van der Waals surface area contributed by atoms with Gasteiger partial charge in [0.25, 0.3) is 0 Å². The molecule has 0 heteroatoms. The van der Waals surface area contributed by atoms with Gasteiger partial charge >= 0.3 is 0 Å². The maximum Gasteiger partial charge on any atom is -0.0110 e. The number of allylic oxidation sites excluding steroid dienone is 4. The first kappa shape index (κ1) is 6.60. The van der Waals surface area contributed by atoms with Crippen molar-refractivity contribution in [1.29, 1.82) is 0 Å². The number of hydrogen-bond donors (Lipinski definition) is 0. The zero-order valence-electron chi connectivity index (χ0n) is 6.44. The fraction of sp³-hybridized carbons (Fsp3) is 0.556. The highest BCUT2D eigenvalue weighted by Crippen LogP contribution is 2.32. The van der Waals surface area contributed by atoms with Crippen LogP contribution in [0.15, 0.2) is 23.8 Å². The molecule has 1 aliphatic rings. The second kappa shape index (κ2) is 2.02. The van der Waals surface area contributed by atoms with Crippen LogP contribution in [0, 0.1) is 5.41 Å². The van der Waals surface area contributed by atoms with Crippen LogP contribution < -0.4 is 0 Å². The smallest absolute Gasteiger partial charge is 0.0110 e. The number of rotatable bonds is 0. The van der Waals surface area contributed by atoms with E-state index in [0.29, 0.717) is 5.41 Å². The van der Waals surface area contributed by atoms with Gasteiger partial charge in [0.05, 0.1) is 0 Å². The average Bonchev–Trinajstić information content (AvgIpc) is 1.77. The lowest BCUT2D eigenvalue weighted by Crippen LogP contribution is -2.13. The molecule has 9 heavy (non-hydrogen) atoms. The van der Waals surface area contributed by atoms with Crippen molar-refractivity contribution in [2.75, 3.05) is 0 Å². The van der Waals surface area contributed by atoms with Gasteiger partial charge < -0.3 is 0 Å². The Morgan fingerprint density at radius 3 is 2.44 bits per heavy atom. The molecule has 1 rings (SSSR count). The molecule has 1 aliphatic carbocycles. The molecule has 0 radical (unpaired) electrons. The van der Waals surface area contributed by atoms with E-state index in [0.717, 1.165) is 0 Å². The molecule has 0 N–H and O–H groups in total. The van der Waals surface area contributed by atoms with Gasteiger partial charge in [-0.25, -0.2) is 0 Å². The summed E-state index contributed by atoms with van der Waals surface area (Å²) in [6.07, 6.45) is 7.76. The van der Waals surface area contributed by atoms with Gasteiger partial charge in [-0.1, -0.05) is 37.6 Å². The Morgan fingerprint density at radius 1 is 1.44 bits per heavy atom. The highest BCUT2D eigenvalue weighted by atomic mass is 14.2. The van der Waals surface area contributed by atoms with E-state index >= 15 is 0 Å². The molecule has 0 aromatic rings. The number of hydrogen-bond acceptors (Lipinski definition) is 0. The minimum Gasteiger partial charge on any atom is -0.0837 e. The van der Waals surface area contributed by atoms with Crippen LogP contribution in [0.2, 0.25) is 0 Å². The Labute approximate surface area is 57.3 Å². The third-order valence-electron chi connectivity index (χ3n) is 2.18. The van der Waals surface area contributed by atoms with Crippen molar-refractivity contribution in [2.45, 2.75) is 27.2 Å². The normalized spacial score (nSPS) is 23.7. The predicted molar refractivity (Wildman–Crippen MR) is 41.3 cm³/mol. The van der Waals surface area contributed by atoms with E-state index in [1.54, 1.807) is 0 Å². The van der Waals surface area contributed by atoms with Crippen LogP contribution >= 0.6 is 0 Å². The van der Waals surface area contributed by atoms with Gasteiger partial charge in [0, 0.05) is 0 Å². The Morgan fingerprint density at radius 2 is 2.11 bits per heavy atom. The standard InChI is InChI=1S/C9H14/c1-8-6-4-5-7-9(8,2)3/h4-6H,7H2,1-3H3. The third kappa shape index (κ3) is 1.24. The Balaban J connectivity index is 2.83. The molecule has 0 spiro atoms. The van der Waals surface area contributed by atoms with E-state index in [-0.39, 0.29) is 0 Å². The van der Waals surface area contributed by atoms with Crippen LogP contribution in [0.1, 0.15) is 27.2 Å². The molecule has 0 saturated heterocycles. The molecule has 0 aromatic heterocycles. The van der Waals surface area contributed by atoms with Gasteiger partial charge in [0.1, 0.15) is 0 Å². The first-order valence-electron chi connectivity index (χ1n) is 3.47. The van der Waals surface area contributed by atoms with Gasteiger partial charge in [0.15, 0.2) is 0 Å². The molecule has 0 bridgehead atoms. The molecule has 0 fully saturated rings. The van der Waals surface area contributed by atoms with E-state index in [1.165, 1.54) is 12.0 Å². The van der Waals surface area contributed by atoms with Crippen LogP contribution in [0.25, 0.3) is 0 Å². The molecule has 0 amide bonds. The second-order valence-corrected chi connectivity index (χ2v) is 3.37. The summed E-state index contributed by atoms with van der Waals surface area (Å²) < 4.78 is 0. The van der Waals surface area contributed by atoms with Crippen molar-refractivity contribution in [2.24, 2.45) is 5.41 Å². The summed E-state index contributed by atoms with van der Waals surface area (Å²) in [7, 11) is 0. The van der Waals surface area contributed by atoms with E-state index < -0.39 is 0 Å². The fourth-order valence-corrected chi connectivity index (χ4v) is 0.962. The Kier molecular flexibility index (Phi) is 1.48. The topological polar surface area (TPSA) is 0 Å². The quantitative estimate of drug-likeness (QED) is 0.463. The highest BCUT2D eigenvalue weighted by Gasteiger charge is 2.19. The van der Waals surface area contributed by atoms with Crippen molar-refractivity contribution in [1.82, 2.24) is 0 Å². The van der Waals surface area contributed by atoms with E-state index in [9.17, 15) is 0 Å². The summed E-state index contributed by atoms with van der Waals surface area (Å²) in [5.41, 5.74) is 1.90. The van der Waals surface area contributed by atoms with E-state index in [4.69, 9.17) is 0 Å². The lowest BCUT2D eigenvalue weighted by Gasteiger charge is -2.26. The Bertz CT molecular complexity index is 159. The minimum atomic E-state index is 0.411. The highest BCUT2D eigenvalue weighted by molar-refractivity contribution is 5.22. The zero-order valence-corrected chi connectivity index (χ0v) is 6.44. The molecular formula is C9H14. The van der Waals surface area contributed by atoms with Crippen LogP contribution in [-0.2, 0) is 0 Å². The van der Waals surface area contributed by atoms with Gasteiger partial charge in [0.2, 0.25) is 0 Å². The van der Waals surface area contributed by atoms with Crippen LogP contribution in [0.4, 0.5) is 0 Å². The largest absolute Gasteiger partial charge is 0.0837 e. The molecule has 50 valence electrons. The molecular weight excluding hydrogens is 108 g/mol. The second-order valence-electron chi connectivity index (χ2n) is 3.37. The molecule has 0 saturated carbocycles. The molecule has 0 aromatic carbocycles. The SMILES string of the molecule is CC1=CC=CCC1(C)C. The zero-order chi connectivity index (χ0) is 6.91.